The molecule has 0 aliphatic carbocycles. The van der Waals surface area contributed by atoms with Gasteiger partial charge in [-0.3, -0.25) is 9.89 Å². The molecule has 17 heavy (non-hydrogen) atoms. The van der Waals surface area contributed by atoms with Gasteiger partial charge >= 0.3 is 0 Å². The zero-order valence-corrected chi connectivity index (χ0v) is 9.43. The summed E-state index contributed by atoms with van der Waals surface area (Å²) in [5.74, 6) is 0.850. The second-order valence-electron chi connectivity index (χ2n) is 4.25. The topological polar surface area (TPSA) is 55.0 Å². The first-order valence-corrected chi connectivity index (χ1v) is 5.57. The first-order valence-electron chi connectivity index (χ1n) is 5.57. The summed E-state index contributed by atoms with van der Waals surface area (Å²) in [6.45, 7) is 2.02. The van der Waals surface area contributed by atoms with Crippen molar-refractivity contribution in [3.05, 3.63) is 47.3 Å². The molecule has 86 valence electrons. The highest BCUT2D eigenvalue weighted by Crippen LogP contribution is 2.29. The molecule has 0 bridgehead atoms. The smallest absolute Gasteiger partial charge is 0.210 e. The molecule has 0 fully saturated rings. The number of hydrogen-bond acceptors (Lipinski definition) is 3. The number of hydrogen-bond donors (Lipinski definition) is 1. The van der Waals surface area contributed by atoms with Gasteiger partial charge in [0.25, 0.3) is 0 Å². The summed E-state index contributed by atoms with van der Waals surface area (Å²) in [6.07, 6.45) is 2.63. The molecule has 0 amide bonds. The minimum atomic E-state index is -0.0372. The fraction of sp³-hybridized carbons (Fsp3) is 0.231. The highest BCUT2D eigenvalue weighted by Gasteiger charge is 2.21. The van der Waals surface area contributed by atoms with Crippen LogP contribution in [0.2, 0.25) is 0 Å². The number of benzene rings is 1. The number of carbonyl (C=O) groups is 1. The highest BCUT2D eigenvalue weighted by atomic mass is 16.5. The third-order valence-electron chi connectivity index (χ3n) is 2.90. The highest BCUT2D eigenvalue weighted by molar-refractivity contribution is 6.07. The van der Waals surface area contributed by atoms with Crippen LogP contribution in [0, 0.1) is 0 Å². The minimum Gasteiger partial charge on any atom is -0.490 e. The molecule has 1 N–H and O–H groups in total. The van der Waals surface area contributed by atoms with Crippen molar-refractivity contribution in [2.24, 2.45) is 0 Å². The summed E-state index contributed by atoms with van der Waals surface area (Å²) in [5, 5.41) is 6.46. The molecule has 4 heteroatoms. The number of aromatic amines is 1. The number of aromatic nitrogens is 2. The molecule has 0 saturated heterocycles. The number of ether oxygens (including phenoxy) is 1. The van der Waals surface area contributed by atoms with Crippen LogP contribution in [0.3, 0.4) is 0 Å². The van der Waals surface area contributed by atoms with E-state index in [9.17, 15) is 4.79 Å². The van der Waals surface area contributed by atoms with E-state index >= 15 is 0 Å². The van der Waals surface area contributed by atoms with Crippen LogP contribution in [0.25, 0.3) is 0 Å². The minimum absolute atomic E-state index is 0.0372. The largest absolute Gasteiger partial charge is 0.490 e. The van der Waals surface area contributed by atoms with Crippen LogP contribution in [-0.2, 0) is 6.42 Å². The van der Waals surface area contributed by atoms with Crippen LogP contribution in [0.15, 0.2) is 30.5 Å². The maximum Gasteiger partial charge on any atom is 0.210 e. The lowest BCUT2D eigenvalue weighted by Gasteiger charge is -2.03. The number of fused-ring (bicyclic) bond motifs is 1. The van der Waals surface area contributed by atoms with E-state index in [4.69, 9.17) is 4.74 Å². The van der Waals surface area contributed by atoms with E-state index in [1.165, 1.54) is 0 Å². The summed E-state index contributed by atoms with van der Waals surface area (Å²) >= 11 is 0. The Hall–Kier alpha value is -2.10. The molecule has 0 radical (unpaired) electrons. The normalized spacial score (nSPS) is 17.6. The van der Waals surface area contributed by atoms with Gasteiger partial charge in [-0.25, -0.2) is 0 Å². The third-order valence-corrected chi connectivity index (χ3v) is 2.90. The second-order valence-corrected chi connectivity index (χ2v) is 4.25. The van der Waals surface area contributed by atoms with E-state index in [2.05, 4.69) is 10.2 Å². The van der Waals surface area contributed by atoms with Gasteiger partial charge in [-0.05, 0) is 36.8 Å². The molecule has 2 heterocycles. The zero-order valence-electron chi connectivity index (χ0n) is 9.43. The van der Waals surface area contributed by atoms with Crippen LogP contribution in [0.5, 0.6) is 5.75 Å². The fourth-order valence-corrected chi connectivity index (χ4v) is 2.10. The molecule has 1 aliphatic rings. The average molecular weight is 228 g/mol. The molecule has 0 saturated carbocycles. The molecule has 3 rings (SSSR count). The lowest BCUT2D eigenvalue weighted by molar-refractivity contribution is 0.103. The summed E-state index contributed by atoms with van der Waals surface area (Å²) in [7, 11) is 0. The van der Waals surface area contributed by atoms with Crippen LogP contribution in [0.4, 0.5) is 0 Å². The Morgan fingerprint density at radius 3 is 3.12 bits per heavy atom. The van der Waals surface area contributed by atoms with Crippen molar-refractivity contribution in [3.8, 4) is 5.75 Å². The number of ketones is 1. The molecule has 2 aromatic rings. The Morgan fingerprint density at radius 1 is 1.47 bits per heavy atom. The van der Waals surface area contributed by atoms with Gasteiger partial charge < -0.3 is 4.74 Å². The molecule has 1 aromatic heterocycles. The Morgan fingerprint density at radius 2 is 2.35 bits per heavy atom. The van der Waals surface area contributed by atoms with E-state index in [1.54, 1.807) is 18.3 Å². The number of rotatable bonds is 2. The fourth-order valence-electron chi connectivity index (χ4n) is 2.10. The van der Waals surface area contributed by atoms with Crippen molar-refractivity contribution in [2.75, 3.05) is 0 Å². The quantitative estimate of drug-likeness (QED) is 0.799. The zero-order chi connectivity index (χ0) is 11.8. The Labute approximate surface area is 98.6 Å². The van der Waals surface area contributed by atoms with Gasteiger partial charge in [-0.15, -0.1) is 0 Å². The van der Waals surface area contributed by atoms with Crippen molar-refractivity contribution in [1.82, 2.24) is 10.2 Å². The maximum atomic E-state index is 12.1. The van der Waals surface area contributed by atoms with Crippen LogP contribution < -0.4 is 4.74 Å². The molecular weight excluding hydrogens is 216 g/mol. The Bertz CT molecular complexity index is 561. The SMILES string of the molecule is CC1Cc2cc(C(=O)c3ccn[nH]3)ccc2O1. The monoisotopic (exact) mass is 228 g/mol. The molecule has 1 aliphatic heterocycles. The number of carbonyl (C=O) groups excluding carboxylic acids is 1. The summed E-state index contributed by atoms with van der Waals surface area (Å²) in [5.41, 5.74) is 2.28. The lowest BCUT2D eigenvalue weighted by Crippen LogP contribution is -2.05. The average Bonchev–Trinajstić information content (AvgIpc) is 2.94. The molecule has 1 aromatic carbocycles. The lowest BCUT2D eigenvalue weighted by atomic mass is 10.0. The molecule has 1 atom stereocenters. The third kappa shape index (κ3) is 1.71. The maximum absolute atomic E-state index is 12.1. The second kappa shape index (κ2) is 3.73. The summed E-state index contributed by atoms with van der Waals surface area (Å²) < 4.78 is 5.60. The number of nitrogens with one attached hydrogen (secondary N) is 1. The molecule has 1 unspecified atom stereocenters. The van der Waals surface area contributed by atoms with Crippen molar-refractivity contribution in [3.63, 3.8) is 0 Å². The van der Waals surface area contributed by atoms with Gasteiger partial charge in [0.2, 0.25) is 5.78 Å². The Balaban J connectivity index is 1.96. The molecular formula is C13H12N2O2. The van der Waals surface area contributed by atoms with E-state index in [0.29, 0.717) is 11.3 Å². The van der Waals surface area contributed by atoms with E-state index in [1.807, 2.05) is 19.1 Å². The van der Waals surface area contributed by atoms with Crippen molar-refractivity contribution < 1.29 is 9.53 Å². The summed E-state index contributed by atoms with van der Waals surface area (Å²) in [6, 6.07) is 7.24. The molecule has 0 spiro atoms. The van der Waals surface area contributed by atoms with Crippen LogP contribution >= 0.6 is 0 Å². The first-order chi connectivity index (χ1) is 8.24. The van der Waals surface area contributed by atoms with Crippen molar-refractivity contribution in [2.45, 2.75) is 19.4 Å². The molecule has 4 nitrogen and oxygen atoms in total. The standard InChI is InChI=1S/C13H12N2O2/c1-8-6-10-7-9(2-3-12(10)17-8)13(16)11-4-5-14-15-11/h2-5,7-8H,6H2,1H3,(H,14,15). The number of nitrogens with zero attached hydrogens (tertiary/aromatic N) is 1. The van der Waals surface area contributed by atoms with Gasteiger partial charge in [0.05, 0.1) is 0 Å². The van der Waals surface area contributed by atoms with Crippen molar-refractivity contribution in [1.29, 1.82) is 0 Å². The van der Waals surface area contributed by atoms with Crippen LogP contribution in [0.1, 0.15) is 28.5 Å². The van der Waals surface area contributed by atoms with E-state index in [-0.39, 0.29) is 11.9 Å². The van der Waals surface area contributed by atoms with Gasteiger partial charge in [0, 0.05) is 18.2 Å². The predicted molar refractivity (Wildman–Crippen MR) is 62.3 cm³/mol. The van der Waals surface area contributed by atoms with Gasteiger partial charge in [-0.2, -0.15) is 5.10 Å². The van der Waals surface area contributed by atoms with Gasteiger partial charge in [-0.1, -0.05) is 0 Å². The number of H-pyrrole nitrogens is 1. The predicted octanol–water partition coefficient (Wildman–Crippen LogP) is 1.96. The van der Waals surface area contributed by atoms with Crippen LogP contribution in [-0.4, -0.2) is 22.1 Å². The van der Waals surface area contributed by atoms with Crippen molar-refractivity contribution >= 4 is 5.78 Å². The van der Waals surface area contributed by atoms with E-state index < -0.39 is 0 Å². The van der Waals surface area contributed by atoms with Gasteiger partial charge in [0.1, 0.15) is 17.5 Å². The van der Waals surface area contributed by atoms with Gasteiger partial charge in [0.15, 0.2) is 0 Å². The Kier molecular flexibility index (Phi) is 2.21. The van der Waals surface area contributed by atoms with E-state index in [0.717, 1.165) is 17.7 Å². The first kappa shape index (κ1) is 10.1. The summed E-state index contributed by atoms with van der Waals surface area (Å²) in [4.78, 5) is 12.1.